The standard InChI is InChI=1S/C17H27N3O3S/c1-12(2)20(4)24(22,23)16-7-5-14(6-8-16)9-19-17(21)13(3)15-10-18-11-15/h5-8,12-13,15,18H,9-11H2,1-4H3,(H,19,21). The van der Waals surface area contributed by atoms with Gasteiger partial charge in [-0.25, -0.2) is 8.42 Å². The van der Waals surface area contributed by atoms with Crippen LogP contribution in [0.15, 0.2) is 29.2 Å². The second kappa shape index (κ2) is 7.63. The van der Waals surface area contributed by atoms with Gasteiger partial charge in [0.05, 0.1) is 4.90 Å². The maximum atomic E-state index is 12.4. The summed E-state index contributed by atoms with van der Waals surface area (Å²) >= 11 is 0. The van der Waals surface area contributed by atoms with E-state index in [4.69, 9.17) is 0 Å². The first-order valence-electron chi connectivity index (χ1n) is 8.29. The Hall–Kier alpha value is -1.44. The van der Waals surface area contributed by atoms with Crippen molar-refractivity contribution >= 4 is 15.9 Å². The summed E-state index contributed by atoms with van der Waals surface area (Å²) in [6.45, 7) is 7.80. The summed E-state index contributed by atoms with van der Waals surface area (Å²) in [6.07, 6.45) is 0. The van der Waals surface area contributed by atoms with Crippen LogP contribution in [0.25, 0.3) is 0 Å². The summed E-state index contributed by atoms with van der Waals surface area (Å²) in [7, 11) is -1.89. The van der Waals surface area contributed by atoms with Crippen LogP contribution in [0.2, 0.25) is 0 Å². The molecule has 1 aliphatic heterocycles. The second-order valence-corrected chi connectivity index (χ2v) is 8.68. The Morgan fingerprint density at radius 2 is 1.83 bits per heavy atom. The lowest BCUT2D eigenvalue weighted by molar-refractivity contribution is -0.126. The molecule has 1 aliphatic rings. The number of carbonyl (C=O) groups excluding carboxylic acids is 1. The number of hydrogen-bond acceptors (Lipinski definition) is 4. The van der Waals surface area contributed by atoms with Gasteiger partial charge < -0.3 is 10.6 Å². The SMILES string of the molecule is CC(C(=O)NCc1ccc(S(=O)(=O)N(C)C(C)C)cc1)C1CNC1. The van der Waals surface area contributed by atoms with Crippen LogP contribution in [0.1, 0.15) is 26.3 Å². The third-order valence-electron chi connectivity index (χ3n) is 4.73. The molecule has 1 heterocycles. The highest BCUT2D eigenvalue weighted by Gasteiger charge is 2.28. The molecule has 1 atom stereocenters. The predicted octanol–water partition coefficient (Wildman–Crippen LogP) is 1.19. The smallest absolute Gasteiger partial charge is 0.243 e. The monoisotopic (exact) mass is 353 g/mol. The molecule has 2 rings (SSSR count). The lowest BCUT2D eigenvalue weighted by atomic mass is 9.88. The molecule has 1 aromatic rings. The Morgan fingerprint density at radius 3 is 2.29 bits per heavy atom. The molecule has 6 nitrogen and oxygen atoms in total. The minimum absolute atomic E-state index is 0.00871. The predicted molar refractivity (Wildman–Crippen MR) is 93.9 cm³/mol. The van der Waals surface area contributed by atoms with Crippen LogP contribution in [0.3, 0.4) is 0 Å². The Bertz CT molecular complexity index is 667. The lowest BCUT2D eigenvalue weighted by Crippen LogP contribution is -2.49. The van der Waals surface area contributed by atoms with Gasteiger partial charge in [-0.1, -0.05) is 19.1 Å². The van der Waals surface area contributed by atoms with Crippen LogP contribution in [0, 0.1) is 11.8 Å². The van der Waals surface area contributed by atoms with Gasteiger partial charge in [-0.3, -0.25) is 4.79 Å². The first kappa shape index (κ1) is 18.9. The van der Waals surface area contributed by atoms with Gasteiger partial charge in [0.25, 0.3) is 0 Å². The first-order valence-corrected chi connectivity index (χ1v) is 9.73. The molecule has 1 fully saturated rings. The Balaban J connectivity index is 1.96. The molecular weight excluding hydrogens is 326 g/mol. The van der Waals surface area contributed by atoms with Crippen LogP contribution in [-0.4, -0.2) is 44.8 Å². The van der Waals surface area contributed by atoms with Crippen LogP contribution < -0.4 is 10.6 Å². The molecule has 0 radical (unpaired) electrons. The van der Waals surface area contributed by atoms with Gasteiger partial charge in [0.15, 0.2) is 0 Å². The first-order chi connectivity index (χ1) is 11.2. The van der Waals surface area contributed by atoms with Gasteiger partial charge in [-0.2, -0.15) is 4.31 Å². The third-order valence-corrected chi connectivity index (χ3v) is 6.78. The van der Waals surface area contributed by atoms with Crippen molar-refractivity contribution in [1.29, 1.82) is 0 Å². The fourth-order valence-corrected chi connectivity index (χ4v) is 3.82. The largest absolute Gasteiger partial charge is 0.352 e. The third kappa shape index (κ3) is 4.15. The van der Waals surface area contributed by atoms with E-state index in [-0.39, 0.29) is 22.8 Å². The van der Waals surface area contributed by atoms with Crippen molar-refractivity contribution in [2.75, 3.05) is 20.1 Å². The van der Waals surface area contributed by atoms with Crippen molar-refractivity contribution in [3.8, 4) is 0 Å². The van der Waals surface area contributed by atoms with E-state index < -0.39 is 10.0 Å². The maximum absolute atomic E-state index is 12.4. The van der Waals surface area contributed by atoms with Gasteiger partial charge in [-0.15, -0.1) is 0 Å². The van der Waals surface area contributed by atoms with E-state index in [9.17, 15) is 13.2 Å². The molecule has 0 aliphatic carbocycles. The van der Waals surface area contributed by atoms with Crippen molar-refractivity contribution in [3.05, 3.63) is 29.8 Å². The minimum Gasteiger partial charge on any atom is -0.352 e. The van der Waals surface area contributed by atoms with E-state index >= 15 is 0 Å². The molecule has 0 bridgehead atoms. The maximum Gasteiger partial charge on any atom is 0.243 e. The summed E-state index contributed by atoms with van der Waals surface area (Å²) in [5.74, 6) is 0.437. The van der Waals surface area contributed by atoms with Crippen LogP contribution in [-0.2, 0) is 21.4 Å². The van der Waals surface area contributed by atoms with Gasteiger partial charge >= 0.3 is 0 Å². The summed E-state index contributed by atoms with van der Waals surface area (Å²) in [4.78, 5) is 12.4. The zero-order valence-corrected chi connectivity index (χ0v) is 15.6. The second-order valence-electron chi connectivity index (χ2n) is 6.68. The molecule has 0 saturated carbocycles. The fraction of sp³-hybridized carbons (Fsp3) is 0.588. The summed E-state index contributed by atoms with van der Waals surface area (Å²) in [6, 6.07) is 6.58. The summed E-state index contributed by atoms with van der Waals surface area (Å²) in [5, 5.41) is 6.09. The van der Waals surface area contributed by atoms with Crippen molar-refractivity contribution in [2.45, 2.75) is 38.3 Å². The molecule has 1 aromatic carbocycles. The molecule has 1 amide bonds. The Morgan fingerprint density at radius 1 is 1.25 bits per heavy atom. The zero-order valence-electron chi connectivity index (χ0n) is 14.7. The van der Waals surface area contributed by atoms with Crippen molar-refractivity contribution in [2.24, 2.45) is 11.8 Å². The molecule has 0 spiro atoms. The van der Waals surface area contributed by atoms with E-state index in [1.807, 2.05) is 20.8 Å². The van der Waals surface area contributed by atoms with E-state index in [2.05, 4.69) is 10.6 Å². The van der Waals surface area contributed by atoms with Crippen LogP contribution in [0.4, 0.5) is 0 Å². The Labute approximate surface area is 144 Å². The van der Waals surface area contributed by atoms with Crippen molar-refractivity contribution in [1.82, 2.24) is 14.9 Å². The number of carbonyl (C=O) groups is 1. The van der Waals surface area contributed by atoms with E-state index in [0.29, 0.717) is 12.5 Å². The van der Waals surface area contributed by atoms with E-state index in [1.54, 1.807) is 31.3 Å². The lowest BCUT2D eigenvalue weighted by Gasteiger charge is -2.31. The highest BCUT2D eigenvalue weighted by Crippen LogP contribution is 2.18. The van der Waals surface area contributed by atoms with Crippen LogP contribution >= 0.6 is 0 Å². The number of sulfonamides is 1. The number of amides is 1. The molecular formula is C17H27N3O3S. The van der Waals surface area contributed by atoms with Crippen LogP contribution in [0.5, 0.6) is 0 Å². The van der Waals surface area contributed by atoms with Gasteiger partial charge in [-0.05, 0) is 50.6 Å². The normalized spacial score (nSPS) is 16.9. The molecule has 2 N–H and O–H groups in total. The highest BCUT2D eigenvalue weighted by atomic mass is 32.2. The minimum atomic E-state index is -3.47. The fourth-order valence-electron chi connectivity index (χ4n) is 2.45. The number of nitrogens with one attached hydrogen (secondary N) is 2. The molecule has 134 valence electrons. The van der Waals surface area contributed by atoms with E-state index in [0.717, 1.165) is 18.7 Å². The van der Waals surface area contributed by atoms with Gasteiger partial charge in [0, 0.05) is 25.6 Å². The van der Waals surface area contributed by atoms with Crippen molar-refractivity contribution in [3.63, 3.8) is 0 Å². The topological polar surface area (TPSA) is 78.5 Å². The average molecular weight is 353 g/mol. The average Bonchev–Trinajstić information content (AvgIpc) is 2.50. The number of nitrogens with zero attached hydrogens (tertiary/aromatic N) is 1. The molecule has 1 unspecified atom stereocenters. The van der Waals surface area contributed by atoms with Gasteiger partial charge in [0.1, 0.15) is 0 Å². The highest BCUT2D eigenvalue weighted by molar-refractivity contribution is 7.89. The summed E-state index contributed by atoms with van der Waals surface area (Å²) < 4.78 is 26.2. The number of hydrogen-bond donors (Lipinski definition) is 2. The molecule has 0 aromatic heterocycles. The van der Waals surface area contributed by atoms with Gasteiger partial charge in [0.2, 0.25) is 15.9 Å². The number of rotatable bonds is 7. The zero-order chi connectivity index (χ0) is 17.9. The number of benzene rings is 1. The summed E-state index contributed by atoms with van der Waals surface area (Å²) in [5.41, 5.74) is 0.883. The molecule has 24 heavy (non-hydrogen) atoms. The molecule has 7 heteroatoms. The van der Waals surface area contributed by atoms with Crippen molar-refractivity contribution < 1.29 is 13.2 Å². The Kier molecular flexibility index (Phi) is 6.01. The van der Waals surface area contributed by atoms with E-state index in [1.165, 1.54) is 4.31 Å². The quantitative estimate of drug-likeness (QED) is 0.772. The molecule has 1 saturated heterocycles.